The van der Waals surface area contributed by atoms with Gasteiger partial charge in [0.05, 0.1) is 5.52 Å². The SMILES string of the molecule is O=C(NC1CC1)C(Sc1nc(C(F)(F)F)nc2ccccc12)c1ccccc1. The summed E-state index contributed by atoms with van der Waals surface area (Å²) in [5, 5.41) is 2.86. The summed E-state index contributed by atoms with van der Waals surface area (Å²) in [6.07, 6.45) is -2.82. The number of amides is 1. The first-order chi connectivity index (χ1) is 13.4. The first kappa shape index (κ1) is 18.7. The van der Waals surface area contributed by atoms with Gasteiger partial charge in [-0.1, -0.05) is 60.3 Å². The molecule has 3 aromatic rings. The van der Waals surface area contributed by atoms with Crippen LogP contribution in [0, 0.1) is 0 Å². The number of rotatable bonds is 5. The number of benzene rings is 2. The normalized spacial score (nSPS) is 15.4. The van der Waals surface area contributed by atoms with Crippen molar-refractivity contribution in [3.63, 3.8) is 0 Å². The molecule has 4 rings (SSSR count). The standard InChI is InChI=1S/C20H16F3N3OS/c21-20(22,23)19-25-15-9-5-4-8-14(15)18(26-19)28-16(12-6-2-1-3-7-12)17(27)24-13-10-11-13/h1-9,13,16H,10-11H2,(H,24,27). The van der Waals surface area contributed by atoms with Crippen molar-refractivity contribution in [3.8, 4) is 0 Å². The molecule has 1 aliphatic carbocycles. The predicted molar refractivity (Wildman–Crippen MR) is 101 cm³/mol. The van der Waals surface area contributed by atoms with Crippen molar-refractivity contribution in [2.24, 2.45) is 0 Å². The van der Waals surface area contributed by atoms with Gasteiger partial charge in [-0.15, -0.1) is 0 Å². The molecule has 1 heterocycles. The average molecular weight is 403 g/mol. The number of nitrogens with one attached hydrogen (secondary N) is 1. The molecule has 1 aromatic heterocycles. The lowest BCUT2D eigenvalue weighted by atomic mass is 10.1. The lowest BCUT2D eigenvalue weighted by Gasteiger charge is -2.18. The molecule has 1 saturated carbocycles. The highest BCUT2D eigenvalue weighted by Crippen LogP contribution is 2.40. The number of nitrogens with zero attached hydrogens (tertiary/aromatic N) is 2. The summed E-state index contributed by atoms with van der Waals surface area (Å²) in [4.78, 5) is 20.2. The first-order valence-corrected chi connectivity index (χ1v) is 9.66. The molecule has 28 heavy (non-hydrogen) atoms. The molecule has 1 N–H and O–H groups in total. The predicted octanol–water partition coefficient (Wildman–Crippen LogP) is 4.76. The highest BCUT2D eigenvalue weighted by Gasteiger charge is 2.36. The Hall–Kier alpha value is -2.61. The largest absolute Gasteiger partial charge is 0.451 e. The zero-order valence-corrected chi connectivity index (χ0v) is 15.4. The van der Waals surface area contributed by atoms with E-state index in [1.807, 2.05) is 6.07 Å². The van der Waals surface area contributed by atoms with E-state index in [1.54, 1.807) is 42.5 Å². The van der Waals surface area contributed by atoms with E-state index in [0.717, 1.165) is 24.6 Å². The van der Waals surface area contributed by atoms with Crippen molar-refractivity contribution < 1.29 is 18.0 Å². The van der Waals surface area contributed by atoms with E-state index < -0.39 is 17.3 Å². The molecule has 0 bridgehead atoms. The Morgan fingerprint density at radius 2 is 1.71 bits per heavy atom. The van der Waals surface area contributed by atoms with Gasteiger partial charge in [-0.05, 0) is 24.5 Å². The van der Waals surface area contributed by atoms with Crippen LogP contribution >= 0.6 is 11.8 Å². The zero-order chi connectivity index (χ0) is 19.7. The Morgan fingerprint density at radius 3 is 2.39 bits per heavy atom. The van der Waals surface area contributed by atoms with Gasteiger partial charge in [-0.2, -0.15) is 13.2 Å². The van der Waals surface area contributed by atoms with E-state index >= 15 is 0 Å². The molecule has 2 aromatic carbocycles. The second-order valence-corrected chi connectivity index (χ2v) is 7.65. The van der Waals surface area contributed by atoms with Crippen LogP contribution in [-0.2, 0) is 11.0 Å². The molecule has 144 valence electrons. The van der Waals surface area contributed by atoms with Crippen LogP contribution in [0.4, 0.5) is 13.2 Å². The minimum absolute atomic E-state index is 0.137. The number of aromatic nitrogens is 2. The van der Waals surface area contributed by atoms with Crippen molar-refractivity contribution in [3.05, 3.63) is 66.0 Å². The van der Waals surface area contributed by atoms with Crippen molar-refractivity contribution >= 4 is 28.6 Å². The molecule has 0 aliphatic heterocycles. The van der Waals surface area contributed by atoms with Gasteiger partial charge in [0, 0.05) is 11.4 Å². The summed E-state index contributed by atoms with van der Waals surface area (Å²) in [6, 6.07) is 15.7. The van der Waals surface area contributed by atoms with Crippen LogP contribution in [0.5, 0.6) is 0 Å². The van der Waals surface area contributed by atoms with Crippen molar-refractivity contribution in [1.82, 2.24) is 15.3 Å². The summed E-state index contributed by atoms with van der Waals surface area (Å²) in [5.74, 6) is -1.43. The molecule has 8 heteroatoms. The Labute approximate surface area is 163 Å². The van der Waals surface area contributed by atoms with Crippen LogP contribution in [0.15, 0.2) is 59.6 Å². The van der Waals surface area contributed by atoms with Crippen LogP contribution in [0.1, 0.15) is 29.5 Å². The number of fused-ring (bicyclic) bond motifs is 1. The maximum absolute atomic E-state index is 13.3. The molecule has 1 atom stereocenters. The number of alkyl halides is 3. The van der Waals surface area contributed by atoms with E-state index in [0.29, 0.717) is 10.9 Å². The first-order valence-electron chi connectivity index (χ1n) is 8.78. The van der Waals surface area contributed by atoms with E-state index in [4.69, 9.17) is 0 Å². The molecule has 1 amide bonds. The van der Waals surface area contributed by atoms with Crippen LogP contribution in [-0.4, -0.2) is 21.9 Å². The lowest BCUT2D eigenvalue weighted by molar-refractivity contribution is -0.145. The third-order valence-corrected chi connectivity index (χ3v) is 5.57. The third kappa shape index (κ3) is 4.11. The minimum atomic E-state index is -4.67. The molecule has 0 saturated heterocycles. The van der Waals surface area contributed by atoms with E-state index in [1.165, 1.54) is 6.07 Å². The second-order valence-electron chi connectivity index (χ2n) is 6.56. The van der Waals surface area contributed by atoms with Gasteiger partial charge in [0.15, 0.2) is 0 Å². The van der Waals surface area contributed by atoms with E-state index in [2.05, 4.69) is 15.3 Å². The fourth-order valence-electron chi connectivity index (χ4n) is 2.78. The monoisotopic (exact) mass is 403 g/mol. The lowest BCUT2D eigenvalue weighted by Crippen LogP contribution is -2.29. The topological polar surface area (TPSA) is 54.9 Å². The fraction of sp³-hybridized carbons (Fsp3) is 0.250. The molecule has 1 unspecified atom stereocenters. The Kier molecular flexibility index (Phi) is 4.97. The van der Waals surface area contributed by atoms with Crippen LogP contribution < -0.4 is 5.32 Å². The van der Waals surface area contributed by atoms with Gasteiger partial charge >= 0.3 is 6.18 Å². The Balaban J connectivity index is 1.77. The summed E-state index contributed by atoms with van der Waals surface area (Å²) >= 11 is 1.02. The number of thioether (sulfide) groups is 1. The third-order valence-electron chi connectivity index (χ3n) is 4.32. The minimum Gasteiger partial charge on any atom is -0.352 e. The number of carbonyl (C=O) groups is 1. The van der Waals surface area contributed by atoms with Crippen LogP contribution in [0.25, 0.3) is 10.9 Å². The Morgan fingerprint density at radius 1 is 1.04 bits per heavy atom. The molecular formula is C20H16F3N3OS. The van der Waals surface area contributed by atoms with Crippen molar-refractivity contribution in [1.29, 1.82) is 0 Å². The molecule has 0 radical (unpaired) electrons. The highest BCUT2D eigenvalue weighted by molar-refractivity contribution is 8.00. The summed E-state index contributed by atoms with van der Waals surface area (Å²) < 4.78 is 39.8. The molecule has 1 fully saturated rings. The van der Waals surface area contributed by atoms with Crippen LogP contribution in [0.2, 0.25) is 0 Å². The quantitative estimate of drug-likeness (QED) is 0.493. The summed E-state index contributed by atoms with van der Waals surface area (Å²) in [6.45, 7) is 0. The zero-order valence-electron chi connectivity index (χ0n) is 14.6. The van der Waals surface area contributed by atoms with Gasteiger partial charge in [0.25, 0.3) is 0 Å². The molecule has 4 nitrogen and oxygen atoms in total. The molecular weight excluding hydrogens is 387 g/mol. The number of halogens is 3. The van der Waals surface area contributed by atoms with Crippen LogP contribution in [0.3, 0.4) is 0 Å². The van der Waals surface area contributed by atoms with Gasteiger partial charge in [-0.3, -0.25) is 4.79 Å². The number of para-hydroxylation sites is 1. The highest BCUT2D eigenvalue weighted by atomic mass is 32.2. The van der Waals surface area contributed by atoms with Crippen molar-refractivity contribution in [2.45, 2.75) is 35.3 Å². The van der Waals surface area contributed by atoms with E-state index in [9.17, 15) is 18.0 Å². The van der Waals surface area contributed by atoms with Gasteiger partial charge < -0.3 is 5.32 Å². The maximum Gasteiger partial charge on any atom is 0.451 e. The average Bonchev–Trinajstić information content (AvgIpc) is 3.49. The smallest absolute Gasteiger partial charge is 0.352 e. The Bertz CT molecular complexity index is 1010. The summed E-state index contributed by atoms with van der Waals surface area (Å²) in [7, 11) is 0. The summed E-state index contributed by atoms with van der Waals surface area (Å²) in [5.41, 5.74) is 0.906. The van der Waals surface area contributed by atoms with E-state index in [-0.39, 0.29) is 22.5 Å². The maximum atomic E-state index is 13.3. The number of carbonyl (C=O) groups excluding carboxylic acids is 1. The molecule has 0 spiro atoms. The molecule has 1 aliphatic rings. The second kappa shape index (κ2) is 7.43. The number of hydrogen-bond donors (Lipinski definition) is 1. The fourth-order valence-corrected chi connectivity index (χ4v) is 3.91. The van der Waals surface area contributed by atoms with Gasteiger partial charge in [-0.25, -0.2) is 9.97 Å². The van der Waals surface area contributed by atoms with Gasteiger partial charge in [0.1, 0.15) is 10.3 Å². The van der Waals surface area contributed by atoms with Gasteiger partial charge in [0.2, 0.25) is 11.7 Å². The number of hydrogen-bond acceptors (Lipinski definition) is 4. The van der Waals surface area contributed by atoms with Crippen molar-refractivity contribution in [2.75, 3.05) is 0 Å².